The lowest BCUT2D eigenvalue weighted by Gasteiger charge is -2.26. The fraction of sp³-hybridized carbons (Fsp3) is 0.400. The summed E-state index contributed by atoms with van der Waals surface area (Å²) in [5, 5.41) is 3.35. The van der Waals surface area contributed by atoms with Gasteiger partial charge in [0.05, 0.1) is 12.6 Å². The van der Waals surface area contributed by atoms with Crippen molar-refractivity contribution < 1.29 is 4.74 Å². The van der Waals surface area contributed by atoms with Crippen molar-refractivity contribution in [2.24, 2.45) is 0 Å². The van der Waals surface area contributed by atoms with Crippen LogP contribution < -0.4 is 15.8 Å². The smallest absolute Gasteiger partial charge is 0.323 e. The SMILES string of the molecule is CCOc1nc(N)nc(NC2CCCc3ccccc32)n1. The maximum atomic E-state index is 5.71. The van der Waals surface area contributed by atoms with Gasteiger partial charge in [0.1, 0.15) is 0 Å². The number of nitrogen functional groups attached to an aromatic ring is 1. The molecule has 0 radical (unpaired) electrons. The third-order valence-electron chi connectivity index (χ3n) is 3.58. The summed E-state index contributed by atoms with van der Waals surface area (Å²) in [6.45, 7) is 2.37. The first-order valence-corrected chi connectivity index (χ1v) is 7.25. The predicted octanol–water partition coefficient (Wildman–Crippen LogP) is 2.34. The van der Waals surface area contributed by atoms with Crippen LogP contribution in [0, 0.1) is 0 Å². The van der Waals surface area contributed by atoms with Crippen molar-refractivity contribution in [1.82, 2.24) is 15.0 Å². The van der Waals surface area contributed by atoms with Crippen LogP contribution in [-0.4, -0.2) is 21.6 Å². The van der Waals surface area contributed by atoms with E-state index in [0.29, 0.717) is 12.6 Å². The Morgan fingerprint density at radius 1 is 1.29 bits per heavy atom. The first kappa shape index (κ1) is 13.6. The Morgan fingerprint density at radius 3 is 3.00 bits per heavy atom. The molecule has 1 unspecified atom stereocenters. The molecule has 0 amide bonds. The fourth-order valence-corrected chi connectivity index (χ4v) is 2.69. The van der Waals surface area contributed by atoms with Crippen LogP contribution in [-0.2, 0) is 6.42 Å². The van der Waals surface area contributed by atoms with E-state index in [-0.39, 0.29) is 18.0 Å². The van der Waals surface area contributed by atoms with E-state index in [9.17, 15) is 0 Å². The summed E-state index contributed by atoms with van der Waals surface area (Å²) >= 11 is 0. The van der Waals surface area contributed by atoms with E-state index in [1.807, 2.05) is 6.92 Å². The second-order valence-electron chi connectivity index (χ2n) is 5.02. The van der Waals surface area contributed by atoms with Gasteiger partial charge in [-0.15, -0.1) is 0 Å². The average Bonchev–Trinajstić information content (AvgIpc) is 2.47. The molecule has 1 aromatic heterocycles. The normalized spacial score (nSPS) is 17.1. The number of aromatic nitrogens is 3. The molecule has 0 fully saturated rings. The monoisotopic (exact) mass is 285 g/mol. The predicted molar refractivity (Wildman–Crippen MR) is 81.2 cm³/mol. The van der Waals surface area contributed by atoms with Gasteiger partial charge >= 0.3 is 6.01 Å². The van der Waals surface area contributed by atoms with Crippen molar-refractivity contribution in [2.75, 3.05) is 17.7 Å². The standard InChI is InChI=1S/C15H19N5O/c1-2-21-15-19-13(16)18-14(20-15)17-12-9-5-7-10-6-3-4-8-11(10)12/h3-4,6,8,12H,2,5,7,9H2,1H3,(H3,16,17,18,19,20). The highest BCUT2D eigenvalue weighted by atomic mass is 16.5. The number of nitrogens with zero attached hydrogens (tertiary/aromatic N) is 3. The molecule has 1 heterocycles. The second kappa shape index (κ2) is 5.95. The van der Waals surface area contributed by atoms with Gasteiger partial charge in [-0.25, -0.2) is 0 Å². The number of benzene rings is 1. The number of ether oxygens (including phenoxy) is 1. The molecule has 3 N–H and O–H groups in total. The number of hydrogen-bond donors (Lipinski definition) is 2. The molecular formula is C15H19N5O. The summed E-state index contributed by atoms with van der Waals surface area (Å²) in [6, 6.07) is 8.93. The average molecular weight is 285 g/mol. The molecule has 21 heavy (non-hydrogen) atoms. The molecule has 1 aliphatic rings. The molecule has 0 bridgehead atoms. The summed E-state index contributed by atoms with van der Waals surface area (Å²) in [6.07, 6.45) is 3.32. The second-order valence-corrected chi connectivity index (χ2v) is 5.02. The molecule has 0 saturated heterocycles. The van der Waals surface area contributed by atoms with E-state index in [4.69, 9.17) is 10.5 Å². The lowest BCUT2D eigenvalue weighted by atomic mass is 9.88. The van der Waals surface area contributed by atoms with Crippen molar-refractivity contribution in [3.63, 3.8) is 0 Å². The molecule has 1 atom stereocenters. The summed E-state index contributed by atoms with van der Waals surface area (Å²) in [5.41, 5.74) is 8.40. The maximum Gasteiger partial charge on any atom is 0.323 e. The fourth-order valence-electron chi connectivity index (χ4n) is 2.69. The van der Waals surface area contributed by atoms with E-state index in [0.717, 1.165) is 19.3 Å². The van der Waals surface area contributed by atoms with Crippen LogP contribution in [0.3, 0.4) is 0 Å². The van der Waals surface area contributed by atoms with Crippen LogP contribution in [0.25, 0.3) is 0 Å². The zero-order chi connectivity index (χ0) is 14.7. The molecule has 6 heteroatoms. The molecule has 0 aliphatic heterocycles. The van der Waals surface area contributed by atoms with Gasteiger partial charge in [0.15, 0.2) is 0 Å². The minimum absolute atomic E-state index is 0.167. The van der Waals surface area contributed by atoms with Gasteiger partial charge in [0.2, 0.25) is 11.9 Å². The summed E-state index contributed by atoms with van der Waals surface area (Å²) in [7, 11) is 0. The first-order valence-electron chi connectivity index (χ1n) is 7.25. The lowest BCUT2D eigenvalue weighted by molar-refractivity contribution is 0.312. The van der Waals surface area contributed by atoms with Crippen molar-refractivity contribution in [3.8, 4) is 6.01 Å². The highest BCUT2D eigenvalue weighted by Gasteiger charge is 2.20. The van der Waals surface area contributed by atoms with E-state index in [1.54, 1.807) is 0 Å². The molecule has 0 saturated carbocycles. The maximum absolute atomic E-state index is 5.71. The first-order chi connectivity index (χ1) is 10.3. The van der Waals surface area contributed by atoms with E-state index in [2.05, 4.69) is 44.5 Å². The molecule has 0 spiro atoms. The van der Waals surface area contributed by atoms with Crippen LogP contribution in [0.2, 0.25) is 0 Å². The highest BCUT2D eigenvalue weighted by Crippen LogP contribution is 2.31. The molecule has 3 rings (SSSR count). The number of nitrogens with one attached hydrogen (secondary N) is 1. The minimum Gasteiger partial charge on any atom is -0.464 e. The van der Waals surface area contributed by atoms with Gasteiger partial charge in [0, 0.05) is 0 Å². The third kappa shape index (κ3) is 3.04. The number of nitrogens with two attached hydrogens (primary N) is 1. The van der Waals surface area contributed by atoms with Crippen molar-refractivity contribution in [1.29, 1.82) is 0 Å². The van der Waals surface area contributed by atoms with Crippen LogP contribution in [0.4, 0.5) is 11.9 Å². The number of aryl methyl sites for hydroxylation is 1. The van der Waals surface area contributed by atoms with Crippen molar-refractivity contribution in [3.05, 3.63) is 35.4 Å². The Balaban J connectivity index is 1.84. The number of anilines is 2. The van der Waals surface area contributed by atoms with Crippen LogP contribution >= 0.6 is 0 Å². The van der Waals surface area contributed by atoms with E-state index >= 15 is 0 Å². The Morgan fingerprint density at radius 2 is 2.14 bits per heavy atom. The molecule has 110 valence electrons. The highest BCUT2D eigenvalue weighted by molar-refractivity contribution is 5.40. The van der Waals surface area contributed by atoms with Gasteiger partial charge in [-0.1, -0.05) is 24.3 Å². The van der Waals surface area contributed by atoms with Crippen molar-refractivity contribution in [2.45, 2.75) is 32.2 Å². The molecule has 2 aromatic rings. The van der Waals surface area contributed by atoms with Gasteiger partial charge in [-0.2, -0.15) is 15.0 Å². The van der Waals surface area contributed by atoms with Gasteiger partial charge < -0.3 is 15.8 Å². The Labute approximate surface area is 123 Å². The molecule has 1 aromatic carbocycles. The Bertz CT molecular complexity index is 631. The summed E-state index contributed by atoms with van der Waals surface area (Å²) < 4.78 is 5.30. The largest absolute Gasteiger partial charge is 0.464 e. The molecule has 1 aliphatic carbocycles. The zero-order valence-electron chi connectivity index (χ0n) is 12.0. The summed E-state index contributed by atoms with van der Waals surface area (Å²) in [4.78, 5) is 12.4. The van der Waals surface area contributed by atoms with Crippen LogP contribution in [0.1, 0.15) is 36.9 Å². The van der Waals surface area contributed by atoms with E-state index < -0.39 is 0 Å². The van der Waals surface area contributed by atoms with Gasteiger partial charge in [0.25, 0.3) is 0 Å². The topological polar surface area (TPSA) is 86.0 Å². The Hall–Kier alpha value is -2.37. The van der Waals surface area contributed by atoms with E-state index in [1.165, 1.54) is 11.1 Å². The molecular weight excluding hydrogens is 266 g/mol. The number of rotatable bonds is 4. The van der Waals surface area contributed by atoms with Crippen LogP contribution in [0.5, 0.6) is 6.01 Å². The minimum atomic E-state index is 0.167. The van der Waals surface area contributed by atoms with Crippen LogP contribution in [0.15, 0.2) is 24.3 Å². The quantitative estimate of drug-likeness (QED) is 0.896. The lowest BCUT2D eigenvalue weighted by Crippen LogP contribution is -2.19. The van der Waals surface area contributed by atoms with Crippen molar-refractivity contribution >= 4 is 11.9 Å². The number of hydrogen-bond acceptors (Lipinski definition) is 6. The van der Waals surface area contributed by atoms with Gasteiger partial charge in [-0.3, -0.25) is 0 Å². The Kier molecular flexibility index (Phi) is 3.85. The molecule has 6 nitrogen and oxygen atoms in total. The van der Waals surface area contributed by atoms with Gasteiger partial charge in [-0.05, 0) is 37.3 Å². The number of fused-ring (bicyclic) bond motifs is 1. The third-order valence-corrected chi connectivity index (χ3v) is 3.58. The summed E-state index contributed by atoms with van der Waals surface area (Å²) in [5.74, 6) is 0.632. The zero-order valence-corrected chi connectivity index (χ0v) is 12.0.